The maximum atomic E-state index is 13.0. The lowest BCUT2D eigenvalue weighted by Gasteiger charge is -2.05. The summed E-state index contributed by atoms with van der Waals surface area (Å²) < 4.78 is 37.4. The monoisotopic (exact) mass is 223 g/mol. The van der Waals surface area contributed by atoms with E-state index in [1.54, 1.807) is 0 Å². The van der Waals surface area contributed by atoms with Gasteiger partial charge < -0.3 is 0 Å². The van der Waals surface area contributed by atoms with E-state index in [9.17, 15) is 18.0 Å². The normalized spacial score (nSPS) is 10.6. The number of carbonyl (C=O) groups excluding carboxylic acids is 1. The number of hydrogen-bond donors (Lipinski definition) is 0. The third kappa shape index (κ3) is 2.04. The summed E-state index contributed by atoms with van der Waals surface area (Å²) in [5, 5.41) is 0. The molecule has 2 nitrogen and oxygen atoms in total. The molecule has 0 atom stereocenters. The fourth-order valence-corrected chi connectivity index (χ4v) is 1.06. The van der Waals surface area contributed by atoms with Gasteiger partial charge in [-0.05, 0) is 6.07 Å². The van der Waals surface area contributed by atoms with Gasteiger partial charge in [-0.1, -0.05) is 0 Å². The third-order valence-corrected chi connectivity index (χ3v) is 1.81. The highest BCUT2D eigenvalue weighted by Gasteiger charge is 2.19. The Morgan fingerprint density at radius 2 is 2.21 bits per heavy atom. The molecule has 0 aliphatic rings. The summed E-state index contributed by atoms with van der Waals surface area (Å²) >= 11 is 5.34. The Labute approximate surface area is 82.7 Å². The first-order valence-electron chi connectivity index (χ1n) is 3.58. The van der Waals surface area contributed by atoms with Crippen LogP contribution in [0.3, 0.4) is 0 Å². The van der Waals surface area contributed by atoms with E-state index in [1.807, 2.05) is 0 Å². The van der Waals surface area contributed by atoms with Crippen LogP contribution in [0.1, 0.15) is 28.2 Å². The average molecular weight is 224 g/mol. The van der Waals surface area contributed by atoms with Crippen LogP contribution < -0.4 is 0 Å². The largest absolute Gasteiger partial charge is 0.298 e. The van der Waals surface area contributed by atoms with Gasteiger partial charge in [-0.25, -0.2) is 18.2 Å². The summed E-state index contributed by atoms with van der Waals surface area (Å²) in [7, 11) is 0. The molecule has 76 valence electrons. The average Bonchev–Trinajstić information content (AvgIpc) is 2.17. The first-order valence-corrected chi connectivity index (χ1v) is 4.12. The van der Waals surface area contributed by atoms with Crippen molar-refractivity contribution < 1.29 is 18.0 Å². The van der Waals surface area contributed by atoms with E-state index in [4.69, 9.17) is 11.6 Å². The van der Waals surface area contributed by atoms with Crippen LogP contribution in [0.5, 0.6) is 0 Å². The van der Waals surface area contributed by atoms with Crippen LogP contribution in [0.25, 0.3) is 0 Å². The summed E-state index contributed by atoms with van der Waals surface area (Å²) in [5.74, 6) is -1.44. The summed E-state index contributed by atoms with van der Waals surface area (Å²) in [6.45, 7) is 0. The second kappa shape index (κ2) is 4.41. The molecule has 1 heterocycles. The highest BCUT2D eigenvalue weighted by Crippen LogP contribution is 2.22. The minimum absolute atomic E-state index is 0.0467. The topological polar surface area (TPSA) is 30.0 Å². The van der Waals surface area contributed by atoms with Crippen LogP contribution in [0.15, 0.2) is 6.07 Å². The summed E-state index contributed by atoms with van der Waals surface area (Å²) in [4.78, 5) is 13.6. The molecule has 0 saturated heterocycles. The van der Waals surface area contributed by atoms with E-state index in [2.05, 4.69) is 4.98 Å². The predicted octanol–water partition coefficient (Wildman–Crippen LogP) is 2.71. The number of carbonyl (C=O) groups is 1. The molecule has 14 heavy (non-hydrogen) atoms. The van der Waals surface area contributed by atoms with Crippen LogP contribution >= 0.6 is 11.6 Å². The minimum atomic E-state index is -3.06. The molecule has 0 N–H and O–H groups in total. The molecule has 6 heteroatoms. The molecular weight excluding hydrogens is 219 g/mol. The summed E-state index contributed by atoms with van der Waals surface area (Å²) in [5.41, 5.74) is -1.44. The van der Waals surface area contributed by atoms with Crippen molar-refractivity contribution in [2.45, 2.75) is 12.3 Å². The van der Waals surface area contributed by atoms with E-state index in [0.717, 1.165) is 6.07 Å². The van der Waals surface area contributed by atoms with Crippen LogP contribution in [-0.2, 0) is 5.88 Å². The Hall–Kier alpha value is -1.10. The number of aldehydes is 1. The zero-order valence-electron chi connectivity index (χ0n) is 6.81. The highest BCUT2D eigenvalue weighted by molar-refractivity contribution is 6.16. The van der Waals surface area contributed by atoms with Gasteiger partial charge in [-0.2, -0.15) is 0 Å². The van der Waals surface area contributed by atoms with Crippen LogP contribution in [0, 0.1) is 5.82 Å². The van der Waals surface area contributed by atoms with Crippen molar-refractivity contribution in [2.75, 3.05) is 0 Å². The molecule has 0 saturated carbocycles. The first kappa shape index (κ1) is 11.0. The van der Waals surface area contributed by atoms with Gasteiger partial charge in [0.1, 0.15) is 5.69 Å². The SMILES string of the molecule is O=Cc1cc(CCl)nc(C(F)F)c1F. The third-order valence-electron chi connectivity index (χ3n) is 1.54. The molecular formula is C8H5ClF3NO. The molecule has 0 aromatic carbocycles. The summed E-state index contributed by atoms with van der Waals surface area (Å²) in [6.07, 6.45) is -2.91. The standard InChI is InChI=1S/C8H5ClF3NO/c9-2-5-1-4(3-14)6(10)7(13-5)8(11)12/h1,3,8H,2H2. The van der Waals surface area contributed by atoms with E-state index >= 15 is 0 Å². The highest BCUT2D eigenvalue weighted by atomic mass is 35.5. The molecule has 1 rings (SSSR count). The van der Waals surface area contributed by atoms with Gasteiger partial charge in [0, 0.05) is 0 Å². The van der Waals surface area contributed by atoms with Gasteiger partial charge in [-0.3, -0.25) is 4.79 Å². The maximum Gasteiger partial charge on any atom is 0.283 e. The number of halogens is 4. The number of hydrogen-bond acceptors (Lipinski definition) is 2. The van der Waals surface area contributed by atoms with Crippen molar-refractivity contribution in [1.82, 2.24) is 4.98 Å². The van der Waals surface area contributed by atoms with E-state index in [-0.39, 0.29) is 17.9 Å². The second-order valence-electron chi connectivity index (χ2n) is 2.45. The second-order valence-corrected chi connectivity index (χ2v) is 2.72. The van der Waals surface area contributed by atoms with Crippen molar-refractivity contribution in [3.05, 3.63) is 28.8 Å². The van der Waals surface area contributed by atoms with E-state index in [1.165, 1.54) is 0 Å². The Bertz CT molecular complexity index is 357. The molecule has 0 unspecified atom stereocenters. The lowest BCUT2D eigenvalue weighted by atomic mass is 10.2. The Kier molecular flexibility index (Phi) is 3.46. The van der Waals surface area contributed by atoms with Crippen molar-refractivity contribution in [3.63, 3.8) is 0 Å². The van der Waals surface area contributed by atoms with Gasteiger partial charge in [0.05, 0.1) is 17.1 Å². The van der Waals surface area contributed by atoms with Crippen LogP contribution in [0.2, 0.25) is 0 Å². The lowest BCUT2D eigenvalue weighted by molar-refractivity contribution is 0.111. The number of pyridine rings is 1. The summed E-state index contributed by atoms with van der Waals surface area (Å²) in [6, 6.07) is 1.04. The molecule has 0 spiro atoms. The van der Waals surface area contributed by atoms with Gasteiger partial charge in [0.2, 0.25) is 0 Å². The minimum Gasteiger partial charge on any atom is -0.298 e. The van der Waals surface area contributed by atoms with Gasteiger partial charge in [0.15, 0.2) is 12.1 Å². The van der Waals surface area contributed by atoms with Gasteiger partial charge >= 0.3 is 0 Å². The van der Waals surface area contributed by atoms with E-state index in [0.29, 0.717) is 0 Å². The number of alkyl halides is 3. The zero-order chi connectivity index (χ0) is 10.7. The molecule has 1 aromatic rings. The molecule has 0 aliphatic heterocycles. The quantitative estimate of drug-likeness (QED) is 0.583. The fourth-order valence-electron chi connectivity index (χ4n) is 0.926. The number of rotatable bonds is 3. The molecule has 0 aliphatic carbocycles. The smallest absolute Gasteiger partial charge is 0.283 e. The maximum absolute atomic E-state index is 13.0. The molecule has 0 radical (unpaired) electrons. The lowest BCUT2D eigenvalue weighted by Crippen LogP contribution is -2.03. The number of nitrogens with zero attached hydrogens (tertiary/aromatic N) is 1. The molecule has 1 aromatic heterocycles. The zero-order valence-corrected chi connectivity index (χ0v) is 7.56. The van der Waals surface area contributed by atoms with Crippen LogP contribution in [0.4, 0.5) is 13.2 Å². The molecule has 0 fully saturated rings. The van der Waals surface area contributed by atoms with Crippen molar-refractivity contribution >= 4 is 17.9 Å². The van der Waals surface area contributed by atoms with Crippen molar-refractivity contribution in [2.24, 2.45) is 0 Å². The van der Waals surface area contributed by atoms with Gasteiger partial charge in [0.25, 0.3) is 6.43 Å². The van der Waals surface area contributed by atoms with Crippen molar-refractivity contribution in [3.8, 4) is 0 Å². The fraction of sp³-hybridized carbons (Fsp3) is 0.250. The first-order chi connectivity index (χ1) is 6.60. The van der Waals surface area contributed by atoms with E-state index < -0.39 is 23.5 Å². The van der Waals surface area contributed by atoms with Crippen molar-refractivity contribution in [1.29, 1.82) is 0 Å². The van der Waals surface area contributed by atoms with Crippen LogP contribution in [-0.4, -0.2) is 11.3 Å². The Balaban J connectivity index is 3.34. The van der Waals surface area contributed by atoms with Gasteiger partial charge in [-0.15, -0.1) is 11.6 Å². The Morgan fingerprint density at radius 1 is 1.57 bits per heavy atom. The molecule has 0 amide bonds. The predicted molar refractivity (Wildman–Crippen MR) is 44.1 cm³/mol. The number of aromatic nitrogens is 1. The molecule has 0 bridgehead atoms. The Morgan fingerprint density at radius 3 is 2.64 bits per heavy atom.